The summed E-state index contributed by atoms with van der Waals surface area (Å²) in [7, 11) is 3.40. The van der Waals surface area contributed by atoms with Crippen molar-refractivity contribution in [3.05, 3.63) is 29.6 Å². The van der Waals surface area contributed by atoms with E-state index >= 15 is 0 Å². The molecule has 2 rings (SSSR count). The molecule has 6 nitrogen and oxygen atoms in total. The zero-order valence-electron chi connectivity index (χ0n) is 14.1. The predicted molar refractivity (Wildman–Crippen MR) is 85.0 cm³/mol. The number of pyridine rings is 1. The number of rotatable bonds is 3. The number of aromatic nitrogens is 1. The molecule has 0 bridgehead atoms. The maximum absolute atomic E-state index is 12.5. The minimum absolute atomic E-state index is 0.0293. The Morgan fingerprint density at radius 1 is 1.28 bits per heavy atom. The lowest BCUT2D eigenvalue weighted by atomic mass is 9.97. The van der Waals surface area contributed by atoms with Crippen LogP contribution in [0.4, 0.5) is 18.0 Å². The predicted octanol–water partition coefficient (Wildman–Crippen LogP) is 2.22. The topological polar surface area (TPSA) is 65.5 Å². The molecule has 0 spiro atoms. The molecule has 1 aromatic heterocycles. The highest BCUT2D eigenvalue weighted by atomic mass is 19.4. The zero-order valence-corrected chi connectivity index (χ0v) is 14.1. The second-order valence-corrected chi connectivity index (χ2v) is 6.25. The van der Waals surface area contributed by atoms with E-state index < -0.39 is 17.8 Å². The van der Waals surface area contributed by atoms with Gasteiger partial charge in [-0.15, -0.1) is 0 Å². The Morgan fingerprint density at radius 2 is 1.92 bits per heavy atom. The van der Waals surface area contributed by atoms with Crippen LogP contribution in [-0.4, -0.2) is 60.5 Å². The van der Waals surface area contributed by atoms with E-state index in [0.717, 1.165) is 31.2 Å². The molecule has 2 heterocycles. The zero-order chi connectivity index (χ0) is 18.6. The molecule has 9 heteroatoms. The Hall–Kier alpha value is -2.32. The van der Waals surface area contributed by atoms with Crippen LogP contribution in [0.15, 0.2) is 18.3 Å². The van der Waals surface area contributed by atoms with Gasteiger partial charge in [-0.05, 0) is 30.9 Å². The van der Waals surface area contributed by atoms with Gasteiger partial charge in [0.05, 0.1) is 5.56 Å². The molecule has 1 aromatic rings. The summed E-state index contributed by atoms with van der Waals surface area (Å²) in [5, 5.41) is 2.72. The molecule has 1 fully saturated rings. The van der Waals surface area contributed by atoms with Gasteiger partial charge in [-0.1, -0.05) is 0 Å². The number of piperidine rings is 1. The Labute approximate surface area is 144 Å². The van der Waals surface area contributed by atoms with Gasteiger partial charge in [0.25, 0.3) is 5.91 Å². The molecule has 1 saturated heterocycles. The fourth-order valence-corrected chi connectivity index (χ4v) is 2.65. The number of likely N-dealkylation sites (tertiary alicyclic amines) is 1. The fraction of sp³-hybridized carbons (Fsp3) is 0.562. The molecule has 0 radical (unpaired) electrons. The molecule has 0 aliphatic carbocycles. The first kappa shape index (κ1) is 19.0. The van der Waals surface area contributed by atoms with Crippen molar-refractivity contribution in [2.75, 3.05) is 33.7 Å². The molecule has 1 aliphatic heterocycles. The van der Waals surface area contributed by atoms with Crippen LogP contribution >= 0.6 is 0 Å². The lowest BCUT2D eigenvalue weighted by molar-refractivity contribution is -0.141. The fourth-order valence-electron chi connectivity index (χ4n) is 2.65. The lowest BCUT2D eigenvalue weighted by Gasteiger charge is -2.33. The first-order chi connectivity index (χ1) is 11.7. The molecule has 0 unspecified atom stereocenters. The number of urea groups is 1. The molecule has 0 atom stereocenters. The van der Waals surface area contributed by atoms with Crippen LogP contribution in [0.5, 0.6) is 0 Å². The van der Waals surface area contributed by atoms with E-state index in [1.54, 1.807) is 19.0 Å². The van der Waals surface area contributed by atoms with Crippen LogP contribution in [0.3, 0.4) is 0 Å². The number of nitrogens with zero attached hydrogens (tertiary/aromatic N) is 3. The van der Waals surface area contributed by atoms with Gasteiger partial charge in [0, 0.05) is 39.9 Å². The average Bonchev–Trinajstić information content (AvgIpc) is 2.58. The van der Waals surface area contributed by atoms with Crippen LogP contribution in [0.2, 0.25) is 0 Å². The maximum Gasteiger partial charge on any atom is 0.433 e. The molecule has 0 aromatic carbocycles. The van der Waals surface area contributed by atoms with Gasteiger partial charge in [-0.2, -0.15) is 13.2 Å². The van der Waals surface area contributed by atoms with Gasteiger partial charge in [-0.3, -0.25) is 9.78 Å². The molecule has 1 aliphatic rings. The standard InChI is InChI=1S/C16H21F3N4O2/c1-22(2)15(25)23-7-5-11(6-8-23)9-21-14(24)12-3-4-13(20-10-12)16(17,18)19/h3-4,10-11H,5-9H2,1-2H3,(H,21,24). The third-order valence-corrected chi connectivity index (χ3v) is 4.14. The van der Waals surface area contributed by atoms with Crippen molar-refractivity contribution in [1.82, 2.24) is 20.1 Å². The number of hydrogen-bond acceptors (Lipinski definition) is 3. The summed E-state index contributed by atoms with van der Waals surface area (Å²) in [5.41, 5.74) is -0.935. The molecule has 1 N–H and O–H groups in total. The van der Waals surface area contributed by atoms with Crippen LogP contribution in [0.1, 0.15) is 28.9 Å². The lowest BCUT2D eigenvalue weighted by Crippen LogP contribution is -2.45. The van der Waals surface area contributed by atoms with Crippen LogP contribution in [0.25, 0.3) is 0 Å². The molecule has 138 valence electrons. The second-order valence-electron chi connectivity index (χ2n) is 6.25. The van der Waals surface area contributed by atoms with Gasteiger partial charge in [-0.25, -0.2) is 4.79 Å². The van der Waals surface area contributed by atoms with E-state index in [4.69, 9.17) is 0 Å². The molecular weight excluding hydrogens is 337 g/mol. The van der Waals surface area contributed by atoms with Crippen LogP contribution in [0, 0.1) is 5.92 Å². The minimum atomic E-state index is -4.52. The Morgan fingerprint density at radius 3 is 2.40 bits per heavy atom. The third-order valence-electron chi connectivity index (χ3n) is 4.14. The van der Waals surface area contributed by atoms with E-state index in [1.807, 2.05) is 0 Å². The van der Waals surface area contributed by atoms with Gasteiger partial charge < -0.3 is 15.1 Å². The number of nitrogens with one attached hydrogen (secondary N) is 1. The number of amides is 3. The summed E-state index contributed by atoms with van der Waals surface area (Å²) in [4.78, 5) is 30.4. The largest absolute Gasteiger partial charge is 0.433 e. The van der Waals surface area contributed by atoms with Crippen LogP contribution < -0.4 is 5.32 Å². The summed E-state index contributed by atoms with van der Waals surface area (Å²) in [6, 6.07) is 1.88. The van der Waals surface area contributed by atoms with E-state index in [1.165, 1.54) is 4.90 Å². The van der Waals surface area contributed by atoms with Crippen molar-refractivity contribution in [2.45, 2.75) is 19.0 Å². The average molecular weight is 358 g/mol. The summed E-state index contributed by atoms with van der Waals surface area (Å²) >= 11 is 0. The van der Waals surface area contributed by atoms with E-state index in [-0.39, 0.29) is 17.5 Å². The van der Waals surface area contributed by atoms with E-state index in [0.29, 0.717) is 19.6 Å². The third kappa shape index (κ3) is 5.07. The number of alkyl halides is 3. The highest BCUT2D eigenvalue weighted by molar-refractivity contribution is 5.93. The molecular formula is C16H21F3N4O2. The van der Waals surface area contributed by atoms with Crippen molar-refractivity contribution in [2.24, 2.45) is 5.92 Å². The number of carbonyl (C=O) groups excluding carboxylic acids is 2. The van der Waals surface area contributed by atoms with Gasteiger partial charge in [0.1, 0.15) is 5.69 Å². The first-order valence-electron chi connectivity index (χ1n) is 7.96. The number of carbonyl (C=O) groups is 2. The van der Waals surface area contributed by atoms with Gasteiger partial charge in [0.15, 0.2) is 0 Å². The Bertz CT molecular complexity index is 609. The summed E-state index contributed by atoms with van der Waals surface area (Å²) < 4.78 is 37.4. The van der Waals surface area contributed by atoms with Gasteiger partial charge in [0.2, 0.25) is 0 Å². The Kier molecular flexibility index (Phi) is 5.86. The number of hydrogen-bond donors (Lipinski definition) is 1. The van der Waals surface area contributed by atoms with Crippen molar-refractivity contribution in [3.8, 4) is 0 Å². The second kappa shape index (κ2) is 7.71. The maximum atomic E-state index is 12.5. The number of halogens is 3. The van der Waals surface area contributed by atoms with E-state index in [9.17, 15) is 22.8 Å². The van der Waals surface area contributed by atoms with E-state index in [2.05, 4.69) is 10.3 Å². The summed E-state index contributed by atoms with van der Waals surface area (Å²) in [6.07, 6.45) is -2.06. The monoisotopic (exact) mass is 358 g/mol. The first-order valence-corrected chi connectivity index (χ1v) is 7.96. The smallest absolute Gasteiger partial charge is 0.352 e. The highest BCUT2D eigenvalue weighted by Gasteiger charge is 2.32. The molecule has 25 heavy (non-hydrogen) atoms. The van der Waals surface area contributed by atoms with Crippen molar-refractivity contribution < 1.29 is 22.8 Å². The van der Waals surface area contributed by atoms with Crippen molar-refractivity contribution >= 4 is 11.9 Å². The highest BCUT2D eigenvalue weighted by Crippen LogP contribution is 2.27. The Balaban J connectivity index is 1.80. The quantitative estimate of drug-likeness (QED) is 0.901. The molecule has 0 saturated carbocycles. The minimum Gasteiger partial charge on any atom is -0.352 e. The van der Waals surface area contributed by atoms with Crippen molar-refractivity contribution in [1.29, 1.82) is 0 Å². The van der Waals surface area contributed by atoms with Crippen LogP contribution in [-0.2, 0) is 6.18 Å². The van der Waals surface area contributed by atoms with Crippen molar-refractivity contribution in [3.63, 3.8) is 0 Å². The summed E-state index contributed by atoms with van der Waals surface area (Å²) in [6.45, 7) is 1.67. The SMILES string of the molecule is CN(C)C(=O)N1CCC(CNC(=O)c2ccc(C(F)(F)F)nc2)CC1. The molecule has 3 amide bonds. The van der Waals surface area contributed by atoms with Gasteiger partial charge >= 0.3 is 12.2 Å². The normalized spacial score (nSPS) is 15.8. The summed E-state index contributed by atoms with van der Waals surface area (Å²) in [5.74, 6) is -0.217.